The average molecular weight is 279 g/mol. The molecule has 0 atom stereocenters. The normalized spacial score (nSPS) is 10.4. The van der Waals surface area contributed by atoms with Crippen molar-refractivity contribution in [1.82, 2.24) is 0 Å². The molecule has 0 saturated carbocycles. The van der Waals surface area contributed by atoms with Crippen molar-refractivity contribution in [2.45, 2.75) is 0 Å². The Balaban J connectivity index is 2.12. The summed E-state index contributed by atoms with van der Waals surface area (Å²) in [5.41, 5.74) is 8.97. The molecule has 0 amide bonds. The molecule has 2 aromatic carbocycles. The molecule has 0 aliphatic carbocycles. The SMILES string of the molecule is Nc1ccsc1-c1ccccc1C(=O)c1ccccc1. The van der Waals surface area contributed by atoms with Crippen molar-refractivity contribution < 1.29 is 4.79 Å². The van der Waals surface area contributed by atoms with Gasteiger partial charge in [-0.3, -0.25) is 4.79 Å². The fourth-order valence-corrected chi connectivity index (χ4v) is 3.02. The van der Waals surface area contributed by atoms with E-state index in [-0.39, 0.29) is 5.78 Å². The third kappa shape index (κ3) is 2.24. The first kappa shape index (κ1) is 12.6. The number of carbonyl (C=O) groups excluding carboxylic acids is 1. The molecule has 20 heavy (non-hydrogen) atoms. The number of benzene rings is 2. The van der Waals surface area contributed by atoms with Crippen molar-refractivity contribution in [2.75, 3.05) is 5.73 Å². The van der Waals surface area contributed by atoms with E-state index in [4.69, 9.17) is 5.73 Å². The second-order valence-corrected chi connectivity index (χ2v) is 5.36. The summed E-state index contributed by atoms with van der Waals surface area (Å²) in [6.45, 7) is 0. The molecule has 98 valence electrons. The molecule has 3 aromatic rings. The molecule has 0 spiro atoms. The summed E-state index contributed by atoms with van der Waals surface area (Å²) in [6.07, 6.45) is 0. The molecular formula is C17H13NOS. The Bertz CT molecular complexity index is 746. The Kier molecular flexibility index (Phi) is 3.35. The topological polar surface area (TPSA) is 43.1 Å². The van der Waals surface area contributed by atoms with Crippen molar-refractivity contribution in [3.05, 3.63) is 77.2 Å². The number of thiophene rings is 1. The number of anilines is 1. The summed E-state index contributed by atoms with van der Waals surface area (Å²) in [4.78, 5) is 13.6. The lowest BCUT2D eigenvalue weighted by molar-refractivity contribution is 0.103. The van der Waals surface area contributed by atoms with Gasteiger partial charge in [-0.2, -0.15) is 0 Å². The molecular weight excluding hydrogens is 266 g/mol. The van der Waals surface area contributed by atoms with E-state index >= 15 is 0 Å². The van der Waals surface area contributed by atoms with Gasteiger partial charge < -0.3 is 5.73 Å². The van der Waals surface area contributed by atoms with Gasteiger partial charge in [-0.1, -0.05) is 54.6 Å². The van der Waals surface area contributed by atoms with Crippen LogP contribution in [-0.4, -0.2) is 5.78 Å². The van der Waals surface area contributed by atoms with E-state index in [1.165, 1.54) is 0 Å². The van der Waals surface area contributed by atoms with Gasteiger partial charge in [0.05, 0.1) is 10.6 Å². The highest BCUT2D eigenvalue weighted by Crippen LogP contribution is 2.34. The second-order valence-electron chi connectivity index (χ2n) is 4.45. The third-order valence-corrected chi connectivity index (χ3v) is 4.11. The van der Waals surface area contributed by atoms with Crippen LogP contribution in [0.1, 0.15) is 15.9 Å². The molecule has 0 bridgehead atoms. The summed E-state index contributed by atoms with van der Waals surface area (Å²) in [5, 5.41) is 1.94. The minimum absolute atomic E-state index is 0.0222. The van der Waals surface area contributed by atoms with Crippen molar-refractivity contribution in [3.8, 4) is 10.4 Å². The van der Waals surface area contributed by atoms with Gasteiger partial charge in [-0.15, -0.1) is 11.3 Å². The number of hydrogen-bond donors (Lipinski definition) is 1. The first-order valence-corrected chi connectivity index (χ1v) is 7.17. The highest BCUT2D eigenvalue weighted by molar-refractivity contribution is 7.14. The van der Waals surface area contributed by atoms with Crippen LogP contribution in [0.15, 0.2) is 66.0 Å². The Labute approximate surface area is 121 Å². The van der Waals surface area contributed by atoms with Crippen LogP contribution >= 0.6 is 11.3 Å². The average Bonchev–Trinajstić information content (AvgIpc) is 2.93. The maximum atomic E-state index is 12.6. The standard InChI is InChI=1S/C17H13NOS/c18-15-10-11-20-17(15)14-9-5-4-8-13(14)16(19)12-6-2-1-3-7-12/h1-11H,18H2. The van der Waals surface area contributed by atoms with E-state index in [0.717, 1.165) is 10.4 Å². The van der Waals surface area contributed by atoms with Gasteiger partial charge >= 0.3 is 0 Å². The van der Waals surface area contributed by atoms with E-state index in [1.807, 2.05) is 66.0 Å². The molecule has 1 aromatic heterocycles. The van der Waals surface area contributed by atoms with Gasteiger partial charge in [-0.05, 0) is 11.4 Å². The van der Waals surface area contributed by atoms with Gasteiger partial charge in [0.15, 0.2) is 5.78 Å². The summed E-state index contributed by atoms with van der Waals surface area (Å²) in [5.74, 6) is 0.0222. The lowest BCUT2D eigenvalue weighted by atomic mass is 9.97. The highest BCUT2D eigenvalue weighted by atomic mass is 32.1. The molecule has 0 radical (unpaired) electrons. The lowest BCUT2D eigenvalue weighted by Crippen LogP contribution is -2.03. The number of nitrogens with two attached hydrogens (primary N) is 1. The molecule has 0 fully saturated rings. The number of nitrogen functional groups attached to an aromatic ring is 1. The Morgan fingerprint density at radius 2 is 1.60 bits per heavy atom. The largest absolute Gasteiger partial charge is 0.398 e. The summed E-state index contributed by atoms with van der Waals surface area (Å²) in [6, 6.07) is 18.8. The Morgan fingerprint density at radius 3 is 2.30 bits per heavy atom. The van der Waals surface area contributed by atoms with Crippen molar-refractivity contribution >= 4 is 22.8 Å². The van der Waals surface area contributed by atoms with E-state index in [2.05, 4.69) is 0 Å². The van der Waals surface area contributed by atoms with Crippen LogP contribution < -0.4 is 5.73 Å². The lowest BCUT2D eigenvalue weighted by Gasteiger charge is -2.08. The van der Waals surface area contributed by atoms with Crippen molar-refractivity contribution in [3.63, 3.8) is 0 Å². The predicted octanol–water partition coefficient (Wildman–Crippen LogP) is 4.23. The van der Waals surface area contributed by atoms with Crippen LogP contribution in [0.2, 0.25) is 0 Å². The van der Waals surface area contributed by atoms with Crippen LogP contribution in [0.5, 0.6) is 0 Å². The smallest absolute Gasteiger partial charge is 0.193 e. The van der Waals surface area contributed by atoms with Crippen molar-refractivity contribution in [2.24, 2.45) is 0 Å². The van der Waals surface area contributed by atoms with E-state index < -0.39 is 0 Å². The zero-order valence-corrected chi connectivity index (χ0v) is 11.6. The minimum atomic E-state index is 0.0222. The van der Waals surface area contributed by atoms with Crippen LogP contribution in [0.3, 0.4) is 0 Å². The first-order valence-electron chi connectivity index (χ1n) is 6.29. The maximum absolute atomic E-state index is 12.6. The quantitative estimate of drug-likeness (QED) is 0.729. The van der Waals surface area contributed by atoms with Crippen molar-refractivity contribution in [1.29, 1.82) is 0 Å². The number of hydrogen-bond acceptors (Lipinski definition) is 3. The minimum Gasteiger partial charge on any atom is -0.398 e. The molecule has 2 N–H and O–H groups in total. The highest BCUT2D eigenvalue weighted by Gasteiger charge is 2.16. The Hall–Kier alpha value is -2.39. The number of rotatable bonds is 3. The molecule has 0 unspecified atom stereocenters. The van der Waals surface area contributed by atoms with Gasteiger partial charge in [0.25, 0.3) is 0 Å². The number of carbonyl (C=O) groups is 1. The fourth-order valence-electron chi connectivity index (χ4n) is 2.16. The van der Waals surface area contributed by atoms with E-state index in [1.54, 1.807) is 11.3 Å². The van der Waals surface area contributed by atoms with Gasteiger partial charge in [0.1, 0.15) is 0 Å². The Morgan fingerprint density at radius 1 is 0.900 bits per heavy atom. The summed E-state index contributed by atoms with van der Waals surface area (Å²) < 4.78 is 0. The molecule has 2 nitrogen and oxygen atoms in total. The van der Waals surface area contributed by atoms with Crippen LogP contribution in [-0.2, 0) is 0 Å². The molecule has 1 heterocycles. The summed E-state index contributed by atoms with van der Waals surface area (Å²) >= 11 is 1.55. The van der Waals surface area contributed by atoms with Crippen LogP contribution in [0, 0.1) is 0 Å². The first-order chi connectivity index (χ1) is 9.77. The van der Waals surface area contributed by atoms with E-state index in [9.17, 15) is 4.79 Å². The van der Waals surface area contributed by atoms with Gasteiger partial charge in [-0.25, -0.2) is 0 Å². The zero-order chi connectivity index (χ0) is 13.9. The second kappa shape index (κ2) is 5.31. The molecule has 0 saturated heterocycles. The van der Waals surface area contributed by atoms with Crippen LogP contribution in [0.25, 0.3) is 10.4 Å². The zero-order valence-electron chi connectivity index (χ0n) is 10.7. The molecule has 0 aliphatic heterocycles. The predicted molar refractivity (Wildman–Crippen MR) is 84.0 cm³/mol. The third-order valence-electron chi connectivity index (χ3n) is 3.15. The van der Waals surface area contributed by atoms with Crippen LogP contribution in [0.4, 0.5) is 5.69 Å². The van der Waals surface area contributed by atoms with E-state index in [0.29, 0.717) is 16.8 Å². The fraction of sp³-hybridized carbons (Fsp3) is 0. The summed E-state index contributed by atoms with van der Waals surface area (Å²) in [7, 11) is 0. The van der Waals surface area contributed by atoms with Gasteiger partial charge in [0.2, 0.25) is 0 Å². The monoisotopic (exact) mass is 279 g/mol. The molecule has 3 rings (SSSR count). The maximum Gasteiger partial charge on any atom is 0.193 e. The van der Waals surface area contributed by atoms with Gasteiger partial charge in [0, 0.05) is 16.7 Å². The number of ketones is 1. The molecule has 3 heteroatoms. The molecule has 0 aliphatic rings.